The number of nitrogens with zero attached hydrogens (tertiary/aromatic N) is 3. The Morgan fingerprint density at radius 2 is 2.00 bits per heavy atom. The number of aromatic nitrogens is 2. The maximum atomic E-state index is 10.2. The van der Waals surface area contributed by atoms with E-state index in [0.29, 0.717) is 15.8 Å². The van der Waals surface area contributed by atoms with E-state index in [1.807, 2.05) is 48.5 Å². The SMILES string of the molecule is OC[C@H](Nc1nc(O)c(C=C2C=Nc3ncccc32)s1)c1ccccc1. The summed E-state index contributed by atoms with van der Waals surface area (Å²) in [6.45, 7) is -0.0769. The van der Waals surface area contributed by atoms with E-state index >= 15 is 0 Å². The van der Waals surface area contributed by atoms with Crippen LogP contribution in [0.25, 0.3) is 11.6 Å². The molecule has 1 aliphatic heterocycles. The minimum absolute atomic E-state index is 0.0551. The normalized spacial score (nSPS) is 15.2. The highest BCUT2D eigenvalue weighted by Gasteiger charge is 2.17. The van der Waals surface area contributed by atoms with Crippen molar-refractivity contribution in [2.45, 2.75) is 6.04 Å². The standard InChI is InChI=1S/C19H16N4O2S/c24-11-15(12-5-2-1-3-6-12)22-19-23-18(25)16(26-19)9-13-10-21-17-14(13)7-4-8-20-17/h1-10,15,24-25H,11H2,(H,22,23)/t15-/m0/s1. The molecule has 1 aromatic carbocycles. The predicted molar refractivity (Wildman–Crippen MR) is 104 cm³/mol. The van der Waals surface area contributed by atoms with Gasteiger partial charge >= 0.3 is 0 Å². The number of hydrogen-bond acceptors (Lipinski definition) is 7. The van der Waals surface area contributed by atoms with Crippen LogP contribution in [0.2, 0.25) is 0 Å². The Labute approximate surface area is 154 Å². The summed E-state index contributed by atoms with van der Waals surface area (Å²) >= 11 is 1.32. The predicted octanol–water partition coefficient (Wildman–Crippen LogP) is 3.65. The zero-order valence-corrected chi connectivity index (χ0v) is 14.5. The van der Waals surface area contributed by atoms with Gasteiger partial charge in [-0.2, -0.15) is 4.98 Å². The number of anilines is 1. The van der Waals surface area contributed by atoms with Crippen LogP contribution in [0.5, 0.6) is 5.88 Å². The fourth-order valence-corrected chi connectivity index (χ4v) is 3.59. The third kappa shape index (κ3) is 3.22. The molecule has 4 rings (SSSR count). The van der Waals surface area contributed by atoms with Crippen LogP contribution in [0.3, 0.4) is 0 Å². The lowest BCUT2D eigenvalue weighted by Gasteiger charge is -2.15. The van der Waals surface area contributed by atoms with Crippen molar-refractivity contribution in [2.24, 2.45) is 4.99 Å². The lowest BCUT2D eigenvalue weighted by molar-refractivity contribution is 0.276. The zero-order chi connectivity index (χ0) is 17.9. The van der Waals surface area contributed by atoms with E-state index in [1.54, 1.807) is 12.4 Å². The molecule has 0 spiro atoms. The average molecular weight is 364 g/mol. The zero-order valence-electron chi connectivity index (χ0n) is 13.7. The van der Waals surface area contributed by atoms with Gasteiger partial charge in [-0.1, -0.05) is 41.7 Å². The van der Waals surface area contributed by atoms with Crippen LogP contribution in [-0.2, 0) is 0 Å². The number of fused-ring (bicyclic) bond motifs is 1. The lowest BCUT2D eigenvalue weighted by atomic mass is 10.1. The van der Waals surface area contributed by atoms with Gasteiger partial charge in [0.05, 0.1) is 17.5 Å². The molecule has 2 aromatic heterocycles. The number of aliphatic hydroxyl groups excluding tert-OH is 1. The van der Waals surface area contributed by atoms with Gasteiger partial charge in [0.15, 0.2) is 10.9 Å². The lowest BCUT2D eigenvalue weighted by Crippen LogP contribution is -2.14. The Hall–Kier alpha value is -3.03. The Bertz CT molecular complexity index is 982. The molecule has 0 bridgehead atoms. The van der Waals surface area contributed by atoms with Crippen LogP contribution in [0.1, 0.15) is 22.0 Å². The van der Waals surface area contributed by atoms with E-state index in [0.717, 1.165) is 16.7 Å². The molecular weight excluding hydrogens is 348 g/mol. The molecule has 0 radical (unpaired) electrons. The van der Waals surface area contributed by atoms with Crippen molar-refractivity contribution >= 4 is 40.1 Å². The summed E-state index contributed by atoms with van der Waals surface area (Å²) in [4.78, 5) is 13.3. The second-order valence-electron chi connectivity index (χ2n) is 5.73. The number of pyridine rings is 1. The number of thiazole rings is 1. The summed E-state index contributed by atoms with van der Waals surface area (Å²) in [5.41, 5.74) is 2.75. The maximum Gasteiger partial charge on any atom is 0.231 e. The van der Waals surface area contributed by atoms with Crippen LogP contribution in [0, 0.1) is 0 Å². The molecule has 6 nitrogen and oxygen atoms in total. The van der Waals surface area contributed by atoms with Gasteiger partial charge < -0.3 is 15.5 Å². The second-order valence-corrected chi connectivity index (χ2v) is 6.76. The van der Waals surface area contributed by atoms with Crippen LogP contribution in [0.15, 0.2) is 53.7 Å². The largest absolute Gasteiger partial charge is 0.492 e. The van der Waals surface area contributed by atoms with Gasteiger partial charge in [0.2, 0.25) is 5.88 Å². The first-order valence-electron chi connectivity index (χ1n) is 8.08. The van der Waals surface area contributed by atoms with Crippen molar-refractivity contribution in [1.29, 1.82) is 0 Å². The Kier molecular flexibility index (Phi) is 4.47. The summed E-state index contributed by atoms with van der Waals surface area (Å²) < 4.78 is 0. The van der Waals surface area contributed by atoms with E-state index in [1.165, 1.54) is 11.3 Å². The van der Waals surface area contributed by atoms with Gasteiger partial charge in [-0.15, -0.1) is 0 Å². The fraction of sp³-hybridized carbons (Fsp3) is 0.105. The van der Waals surface area contributed by atoms with Crippen molar-refractivity contribution in [3.63, 3.8) is 0 Å². The molecule has 7 heteroatoms. The quantitative estimate of drug-likeness (QED) is 0.643. The average Bonchev–Trinajstić information content (AvgIpc) is 3.24. The van der Waals surface area contributed by atoms with Crippen molar-refractivity contribution in [3.8, 4) is 5.88 Å². The molecule has 0 fully saturated rings. The summed E-state index contributed by atoms with van der Waals surface area (Å²) in [6, 6.07) is 13.1. The molecule has 1 atom stereocenters. The van der Waals surface area contributed by atoms with Gasteiger partial charge in [-0.25, -0.2) is 9.98 Å². The Morgan fingerprint density at radius 3 is 2.81 bits per heavy atom. The maximum absolute atomic E-state index is 10.2. The van der Waals surface area contributed by atoms with Crippen LogP contribution >= 0.6 is 11.3 Å². The minimum Gasteiger partial charge on any atom is -0.492 e. The highest BCUT2D eigenvalue weighted by molar-refractivity contribution is 7.16. The number of aliphatic imine (C=N–C) groups is 1. The third-order valence-electron chi connectivity index (χ3n) is 4.03. The van der Waals surface area contributed by atoms with Crippen LogP contribution < -0.4 is 5.32 Å². The third-order valence-corrected chi connectivity index (χ3v) is 4.95. The Balaban J connectivity index is 1.59. The molecule has 0 saturated heterocycles. The second kappa shape index (κ2) is 7.07. The molecule has 1 aliphatic rings. The molecule has 0 aliphatic carbocycles. The minimum atomic E-state index is -0.291. The monoisotopic (exact) mass is 364 g/mol. The first kappa shape index (κ1) is 16.4. The van der Waals surface area contributed by atoms with Crippen LogP contribution in [-0.4, -0.2) is 33.0 Å². The molecular formula is C19H16N4O2S. The molecule has 0 saturated carbocycles. The highest BCUT2D eigenvalue weighted by atomic mass is 32.1. The van der Waals surface area contributed by atoms with Crippen molar-refractivity contribution in [1.82, 2.24) is 9.97 Å². The van der Waals surface area contributed by atoms with Gasteiger partial charge in [-0.05, 0) is 23.8 Å². The first-order chi connectivity index (χ1) is 12.7. The molecule has 3 heterocycles. The summed E-state index contributed by atoms with van der Waals surface area (Å²) in [5, 5.41) is 23.6. The van der Waals surface area contributed by atoms with Gasteiger partial charge in [0.25, 0.3) is 0 Å². The topological polar surface area (TPSA) is 90.6 Å². The first-order valence-corrected chi connectivity index (χ1v) is 8.89. The van der Waals surface area contributed by atoms with Gasteiger partial charge in [0, 0.05) is 23.5 Å². The van der Waals surface area contributed by atoms with Crippen LogP contribution in [0.4, 0.5) is 10.9 Å². The van der Waals surface area contributed by atoms with Crippen molar-refractivity contribution in [3.05, 3.63) is 64.7 Å². The number of aromatic hydroxyl groups is 1. The number of benzene rings is 1. The van der Waals surface area contributed by atoms with E-state index in [4.69, 9.17) is 0 Å². The molecule has 130 valence electrons. The number of rotatable bonds is 5. The highest BCUT2D eigenvalue weighted by Crippen LogP contribution is 2.36. The van der Waals surface area contributed by atoms with Gasteiger partial charge in [0.1, 0.15) is 0 Å². The molecule has 3 aromatic rings. The molecule has 0 amide bonds. The number of allylic oxidation sites excluding steroid dienone is 1. The number of nitrogens with one attached hydrogen (secondary N) is 1. The Morgan fingerprint density at radius 1 is 1.15 bits per heavy atom. The summed E-state index contributed by atoms with van der Waals surface area (Å²) in [5.74, 6) is 0.617. The molecule has 3 N–H and O–H groups in total. The molecule has 0 unspecified atom stereocenters. The summed E-state index contributed by atoms with van der Waals surface area (Å²) in [7, 11) is 0. The van der Waals surface area contributed by atoms with E-state index in [-0.39, 0.29) is 18.5 Å². The summed E-state index contributed by atoms with van der Waals surface area (Å²) in [6.07, 6.45) is 5.26. The van der Waals surface area contributed by atoms with E-state index in [9.17, 15) is 10.2 Å². The van der Waals surface area contributed by atoms with Crippen molar-refractivity contribution < 1.29 is 10.2 Å². The van der Waals surface area contributed by atoms with E-state index < -0.39 is 0 Å². The van der Waals surface area contributed by atoms with Crippen molar-refractivity contribution in [2.75, 3.05) is 11.9 Å². The fourth-order valence-electron chi connectivity index (χ4n) is 2.73. The van der Waals surface area contributed by atoms with E-state index in [2.05, 4.69) is 20.3 Å². The number of aliphatic hydroxyl groups is 1. The number of hydrogen-bond donors (Lipinski definition) is 3. The molecule has 26 heavy (non-hydrogen) atoms. The van der Waals surface area contributed by atoms with Gasteiger partial charge in [-0.3, -0.25) is 0 Å². The smallest absolute Gasteiger partial charge is 0.231 e.